The number of amides is 1. The van der Waals surface area contributed by atoms with Gasteiger partial charge in [-0.1, -0.05) is 23.2 Å². The summed E-state index contributed by atoms with van der Waals surface area (Å²) in [5, 5.41) is 11.6. The molecule has 0 atom stereocenters. The van der Waals surface area contributed by atoms with E-state index in [1.165, 1.54) is 0 Å². The minimum atomic E-state index is -0.362. The van der Waals surface area contributed by atoms with Crippen molar-refractivity contribution in [3.05, 3.63) is 40.4 Å². The molecule has 9 heteroatoms. The van der Waals surface area contributed by atoms with Crippen molar-refractivity contribution in [2.45, 2.75) is 0 Å². The van der Waals surface area contributed by atoms with Crippen molar-refractivity contribution in [3.8, 4) is 5.75 Å². The van der Waals surface area contributed by atoms with E-state index in [9.17, 15) is 4.79 Å². The molecule has 1 fully saturated rings. The number of hydrogen-bond donors (Lipinski definition) is 1. The summed E-state index contributed by atoms with van der Waals surface area (Å²) in [5.41, 5.74) is 0. The number of nitrogens with one attached hydrogen (secondary N) is 1. The number of halogens is 2. The molecule has 132 valence electrons. The first kappa shape index (κ1) is 17.7. The Morgan fingerprint density at radius 1 is 1.20 bits per heavy atom. The molecule has 2 aromatic rings. The molecule has 3 rings (SSSR count). The Morgan fingerprint density at radius 3 is 2.68 bits per heavy atom. The quantitative estimate of drug-likeness (QED) is 0.856. The summed E-state index contributed by atoms with van der Waals surface area (Å²) in [7, 11) is 0. The highest BCUT2D eigenvalue weighted by Gasteiger charge is 2.13. The fraction of sp³-hybridized carbons (Fsp3) is 0.312. The maximum absolute atomic E-state index is 12.0. The molecule has 1 aromatic heterocycles. The van der Waals surface area contributed by atoms with Gasteiger partial charge < -0.3 is 19.7 Å². The van der Waals surface area contributed by atoms with Gasteiger partial charge in [0.1, 0.15) is 5.75 Å². The number of rotatable bonds is 5. The van der Waals surface area contributed by atoms with Crippen LogP contribution in [0, 0.1) is 0 Å². The van der Waals surface area contributed by atoms with Gasteiger partial charge in [-0.25, -0.2) is 0 Å². The number of carbonyl (C=O) groups is 1. The molecular weight excluding hydrogens is 367 g/mol. The van der Waals surface area contributed by atoms with Crippen LogP contribution in [-0.2, 0) is 9.53 Å². The van der Waals surface area contributed by atoms with Crippen molar-refractivity contribution in [2.24, 2.45) is 0 Å². The first-order chi connectivity index (χ1) is 12.1. The molecule has 1 aliphatic heterocycles. The zero-order valence-corrected chi connectivity index (χ0v) is 14.8. The Kier molecular flexibility index (Phi) is 5.91. The van der Waals surface area contributed by atoms with E-state index in [2.05, 4.69) is 20.4 Å². The summed E-state index contributed by atoms with van der Waals surface area (Å²) in [6, 6.07) is 8.30. The van der Waals surface area contributed by atoms with Crippen molar-refractivity contribution >= 4 is 40.7 Å². The van der Waals surface area contributed by atoms with Crippen LogP contribution in [0.15, 0.2) is 30.3 Å². The fourth-order valence-corrected chi connectivity index (χ4v) is 2.73. The van der Waals surface area contributed by atoms with Crippen molar-refractivity contribution in [1.82, 2.24) is 10.2 Å². The average molecular weight is 383 g/mol. The van der Waals surface area contributed by atoms with E-state index in [-0.39, 0.29) is 12.5 Å². The Hall–Kier alpha value is -2.09. The van der Waals surface area contributed by atoms with Gasteiger partial charge in [-0.15, -0.1) is 10.2 Å². The van der Waals surface area contributed by atoms with Gasteiger partial charge in [-0.2, -0.15) is 0 Å². The number of benzene rings is 1. The lowest BCUT2D eigenvalue weighted by Crippen LogP contribution is -2.36. The normalized spacial score (nSPS) is 14.2. The fourth-order valence-electron chi connectivity index (χ4n) is 2.27. The van der Waals surface area contributed by atoms with Crippen LogP contribution in [0.25, 0.3) is 0 Å². The zero-order valence-electron chi connectivity index (χ0n) is 13.2. The highest BCUT2D eigenvalue weighted by molar-refractivity contribution is 6.35. The van der Waals surface area contributed by atoms with E-state index < -0.39 is 0 Å². The third-order valence-electron chi connectivity index (χ3n) is 3.51. The van der Waals surface area contributed by atoms with Gasteiger partial charge in [0, 0.05) is 18.1 Å². The lowest BCUT2D eigenvalue weighted by atomic mass is 10.3. The van der Waals surface area contributed by atoms with Crippen molar-refractivity contribution in [3.63, 3.8) is 0 Å². The SMILES string of the molecule is O=C(COc1ccc(Cl)cc1Cl)Nc1ccc(N2CCOCC2)nn1. The minimum Gasteiger partial charge on any atom is -0.482 e. The molecule has 0 aliphatic carbocycles. The molecule has 0 radical (unpaired) electrons. The number of nitrogens with zero attached hydrogens (tertiary/aromatic N) is 3. The maximum atomic E-state index is 12.0. The third kappa shape index (κ3) is 4.94. The van der Waals surface area contributed by atoms with E-state index in [0.717, 1.165) is 18.9 Å². The summed E-state index contributed by atoms with van der Waals surface area (Å²) in [6.07, 6.45) is 0. The molecule has 1 N–H and O–H groups in total. The number of morpholine rings is 1. The molecule has 0 spiro atoms. The number of hydrogen-bond acceptors (Lipinski definition) is 6. The van der Waals surface area contributed by atoms with Gasteiger partial charge in [0.05, 0.1) is 18.2 Å². The Balaban J connectivity index is 1.52. The van der Waals surface area contributed by atoms with Crippen LogP contribution in [0.4, 0.5) is 11.6 Å². The molecule has 1 aromatic carbocycles. The summed E-state index contributed by atoms with van der Waals surface area (Å²) in [5.74, 6) is 1.13. The largest absolute Gasteiger partial charge is 0.482 e. The molecular formula is C16H16Cl2N4O3. The van der Waals surface area contributed by atoms with Crippen LogP contribution in [-0.4, -0.2) is 49.0 Å². The van der Waals surface area contributed by atoms with Crippen molar-refractivity contribution < 1.29 is 14.3 Å². The van der Waals surface area contributed by atoms with Crippen molar-refractivity contribution in [2.75, 3.05) is 43.1 Å². The maximum Gasteiger partial charge on any atom is 0.263 e. The summed E-state index contributed by atoms with van der Waals surface area (Å²) in [4.78, 5) is 14.0. The second-order valence-electron chi connectivity index (χ2n) is 5.29. The smallest absolute Gasteiger partial charge is 0.263 e. The molecule has 0 saturated carbocycles. The Labute approximate surface area is 154 Å². The molecule has 0 unspecified atom stereocenters. The Bertz CT molecular complexity index is 737. The number of aromatic nitrogens is 2. The highest BCUT2D eigenvalue weighted by Crippen LogP contribution is 2.27. The van der Waals surface area contributed by atoms with E-state index in [4.69, 9.17) is 32.7 Å². The topological polar surface area (TPSA) is 76.6 Å². The first-order valence-electron chi connectivity index (χ1n) is 7.66. The standard InChI is InChI=1S/C16H16Cl2N4O3/c17-11-1-2-13(12(18)9-11)25-10-16(23)19-14-3-4-15(21-20-14)22-5-7-24-8-6-22/h1-4,9H,5-8,10H2,(H,19,20,23). The van der Waals surface area contributed by atoms with Gasteiger partial charge >= 0.3 is 0 Å². The van der Waals surface area contributed by atoms with Crippen LogP contribution in [0.3, 0.4) is 0 Å². The number of anilines is 2. The molecule has 1 amide bonds. The van der Waals surface area contributed by atoms with Gasteiger partial charge in [0.2, 0.25) is 0 Å². The van der Waals surface area contributed by atoms with Gasteiger partial charge in [-0.3, -0.25) is 4.79 Å². The highest BCUT2D eigenvalue weighted by atomic mass is 35.5. The van der Waals surface area contributed by atoms with Gasteiger partial charge in [0.25, 0.3) is 5.91 Å². The van der Waals surface area contributed by atoms with E-state index in [1.54, 1.807) is 24.3 Å². The average Bonchev–Trinajstić information content (AvgIpc) is 2.62. The third-order valence-corrected chi connectivity index (χ3v) is 4.04. The molecule has 7 nitrogen and oxygen atoms in total. The van der Waals surface area contributed by atoms with Crippen LogP contribution in [0.1, 0.15) is 0 Å². The van der Waals surface area contributed by atoms with Gasteiger partial charge in [-0.05, 0) is 30.3 Å². The molecule has 25 heavy (non-hydrogen) atoms. The van der Waals surface area contributed by atoms with E-state index in [0.29, 0.717) is 34.8 Å². The van der Waals surface area contributed by atoms with Crippen LogP contribution >= 0.6 is 23.2 Å². The lowest BCUT2D eigenvalue weighted by Gasteiger charge is -2.27. The van der Waals surface area contributed by atoms with Crippen LogP contribution in [0.5, 0.6) is 5.75 Å². The number of ether oxygens (including phenoxy) is 2. The van der Waals surface area contributed by atoms with Crippen molar-refractivity contribution in [1.29, 1.82) is 0 Å². The predicted molar refractivity (Wildman–Crippen MR) is 95.7 cm³/mol. The number of carbonyl (C=O) groups excluding carboxylic acids is 1. The first-order valence-corrected chi connectivity index (χ1v) is 8.41. The van der Waals surface area contributed by atoms with Crippen LogP contribution in [0.2, 0.25) is 10.0 Å². The second kappa shape index (κ2) is 8.33. The summed E-state index contributed by atoms with van der Waals surface area (Å²) in [6.45, 7) is 2.69. The Morgan fingerprint density at radius 2 is 2.00 bits per heavy atom. The lowest BCUT2D eigenvalue weighted by molar-refractivity contribution is -0.118. The summed E-state index contributed by atoms with van der Waals surface area (Å²) < 4.78 is 10.7. The van der Waals surface area contributed by atoms with E-state index in [1.807, 2.05) is 6.07 Å². The van der Waals surface area contributed by atoms with E-state index >= 15 is 0 Å². The monoisotopic (exact) mass is 382 g/mol. The second-order valence-corrected chi connectivity index (χ2v) is 6.13. The molecule has 2 heterocycles. The summed E-state index contributed by atoms with van der Waals surface area (Å²) >= 11 is 11.8. The molecule has 1 aliphatic rings. The van der Waals surface area contributed by atoms with Gasteiger partial charge in [0.15, 0.2) is 18.2 Å². The van der Waals surface area contributed by atoms with Crippen LogP contribution < -0.4 is 15.0 Å². The molecule has 1 saturated heterocycles. The zero-order chi connectivity index (χ0) is 17.6. The predicted octanol–water partition coefficient (Wildman–Crippen LogP) is 2.64. The minimum absolute atomic E-state index is 0.200. The molecule has 0 bridgehead atoms.